The second kappa shape index (κ2) is 8.56. The summed E-state index contributed by atoms with van der Waals surface area (Å²) >= 11 is 8.49. The molecule has 1 spiro atoms. The fraction of sp³-hybridized carbons (Fsp3) is 0.333. The molecule has 0 radical (unpaired) electrons. The normalized spacial score (nSPS) is 21.1. The molecule has 2 aromatic carbocycles. The van der Waals surface area contributed by atoms with Crippen LogP contribution >= 0.6 is 22.9 Å². The van der Waals surface area contributed by atoms with Gasteiger partial charge in [-0.15, -0.1) is 27.0 Å². The molecule has 8 nitrogen and oxygen atoms in total. The maximum Gasteiger partial charge on any atom is 0.243 e. The topological polar surface area (TPSA) is 99.0 Å². The number of hydrogen-bond donors (Lipinski definition) is 1. The van der Waals surface area contributed by atoms with Gasteiger partial charge in [0.2, 0.25) is 6.04 Å². The highest BCUT2D eigenvalue weighted by Crippen LogP contribution is 2.54. The molecule has 3 heterocycles. The average Bonchev–Trinajstić information content (AvgIpc) is 3.24. The quantitative estimate of drug-likeness (QED) is 0.262. The SMILES string of the molecule is Cc1nnc2n1-c1sc3c(c1C(c1ccccc1Cl)=NC21CC1)C[C@H]([N+](=O)N[C@@H]1CCc2cc(C#N)ccc21)C3. The molecular formula is C30H25ClN7OS+. The molecule has 40 heavy (non-hydrogen) atoms. The van der Waals surface area contributed by atoms with E-state index in [1.54, 1.807) is 11.3 Å². The van der Waals surface area contributed by atoms with E-state index < -0.39 is 0 Å². The molecular weight excluding hydrogens is 542 g/mol. The van der Waals surface area contributed by atoms with E-state index in [2.05, 4.69) is 26.3 Å². The Hall–Kier alpha value is -3.87. The van der Waals surface area contributed by atoms with Gasteiger partial charge in [0.1, 0.15) is 27.3 Å². The second-order valence-corrected chi connectivity index (χ2v) is 12.7. The molecule has 2 atom stereocenters. The van der Waals surface area contributed by atoms with Gasteiger partial charge in [-0.3, -0.25) is 9.56 Å². The predicted octanol–water partition coefficient (Wildman–Crippen LogP) is 5.44. The number of aromatic nitrogens is 3. The van der Waals surface area contributed by atoms with Gasteiger partial charge < -0.3 is 0 Å². The van der Waals surface area contributed by atoms with Crippen molar-refractivity contribution in [1.29, 1.82) is 5.26 Å². The number of hydrazine groups is 1. The average molecular weight is 567 g/mol. The molecule has 8 rings (SSSR count). The van der Waals surface area contributed by atoms with E-state index in [1.165, 1.54) is 10.4 Å². The Morgan fingerprint density at radius 1 is 1.20 bits per heavy atom. The molecule has 1 aliphatic heterocycles. The first-order valence-corrected chi connectivity index (χ1v) is 14.8. The van der Waals surface area contributed by atoms with Crippen LogP contribution in [0.4, 0.5) is 0 Å². The van der Waals surface area contributed by atoms with Crippen molar-refractivity contribution in [3.05, 3.63) is 102 Å². The van der Waals surface area contributed by atoms with Crippen LogP contribution in [0.1, 0.15) is 75.2 Å². The van der Waals surface area contributed by atoms with Crippen LogP contribution in [0.3, 0.4) is 0 Å². The van der Waals surface area contributed by atoms with Crippen molar-refractivity contribution < 1.29 is 4.87 Å². The van der Waals surface area contributed by atoms with Crippen LogP contribution in [0.15, 0.2) is 47.5 Å². The molecule has 1 N–H and O–H groups in total. The summed E-state index contributed by atoms with van der Waals surface area (Å²) in [6.45, 7) is 1.99. The zero-order chi connectivity index (χ0) is 27.2. The molecule has 1 fully saturated rings. The molecule has 0 amide bonds. The van der Waals surface area contributed by atoms with Gasteiger partial charge in [0.15, 0.2) is 5.82 Å². The number of rotatable bonds is 4. The Morgan fingerprint density at radius 3 is 2.85 bits per heavy atom. The first-order chi connectivity index (χ1) is 19.5. The number of halogens is 1. The number of nitrogens with one attached hydrogen (secondary N) is 1. The van der Waals surface area contributed by atoms with Gasteiger partial charge in [-0.25, -0.2) is 0 Å². The Bertz CT molecular complexity index is 1830. The molecule has 4 aliphatic rings. The van der Waals surface area contributed by atoms with E-state index in [-0.39, 0.29) is 17.6 Å². The molecule has 4 aromatic rings. The third kappa shape index (κ3) is 3.45. The van der Waals surface area contributed by atoms with E-state index in [1.807, 2.05) is 49.4 Å². The fourth-order valence-corrected chi connectivity index (χ4v) is 8.25. The van der Waals surface area contributed by atoms with Gasteiger partial charge in [0.05, 0.1) is 28.7 Å². The summed E-state index contributed by atoms with van der Waals surface area (Å²) in [6.07, 6.45) is 4.84. The summed E-state index contributed by atoms with van der Waals surface area (Å²) in [6, 6.07) is 15.6. The van der Waals surface area contributed by atoms with Gasteiger partial charge in [-0.2, -0.15) is 5.26 Å². The van der Waals surface area contributed by atoms with Crippen LogP contribution in [0.25, 0.3) is 5.00 Å². The molecule has 198 valence electrons. The van der Waals surface area contributed by atoms with Crippen molar-refractivity contribution in [2.45, 2.75) is 63.1 Å². The minimum Gasteiger partial charge on any atom is -0.271 e. The van der Waals surface area contributed by atoms with E-state index in [4.69, 9.17) is 16.6 Å². The zero-order valence-corrected chi connectivity index (χ0v) is 23.4. The lowest BCUT2D eigenvalue weighted by molar-refractivity contribution is -0.645. The Kier molecular flexibility index (Phi) is 5.13. The largest absolute Gasteiger partial charge is 0.271 e. The van der Waals surface area contributed by atoms with E-state index in [0.717, 1.165) is 75.2 Å². The van der Waals surface area contributed by atoms with Gasteiger partial charge in [0, 0.05) is 27.4 Å². The molecule has 3 aliphatic carbocycles. The zero-order valence-electron chi connectivity index (χ0n) is 21.8. The minimum atomic E-state index is -0.382. The summed E-state index contributed by atoms with van der Waals surface area (Å²) in [5.41, 5.74) is 9.83. The number of fused-ring (bicyclic) bond motifs is 7. The van der Waals surface area contributed by atoms with Gasteiger partial charge in [-0.05, 0) is 67.5 Å². The summed E-state index contributed by atoms with van der Waals surface area (Å²) in [5, 5.41) is 20.0. The number of aryl methyl sites for hydroxylation is 2. The third-order valence-electron chi connectivity index (χ3n) is 8.76. The summed E-state index contributed by atoms with van der Waals surface area (Å²) in [4.78, 5) is 21.2. The summed E-state index contributed by atoms with van der Waals surface area (Å²) < 4.78 is 2.19. The first kappa shape index (κ1) is 24.0. The van der Waals surface area contributed by atoms with E-state index in [0.29, 0.717) is 23.4 Å². The van der Waals surface area contributed by atoms with Crippen LogP contribution < -0.4 is 5.43 Å². The molecule has 0 saturated heterocycles. The van der Waals surface area contributed by atoms with Gasteiger partial charge >= 0.3 is 0 Å². The van der Waals surface area contributed by atoms with E-state index in [9.17, 15) is 10.2 Å². The van der Waals surface area contributed by atoms with Crippen molar-refractivity contribution in [3.63, 3.8) is 0 Å². The lowest BCUT2D eigenvalue weighted by atomic mass is 9.98. The highest BCUT2D eigenvalue weighted by atomic mass is 35.5. The van der Waals surface area contributed by atoms with E-state index >= 15 is 0 Å². The van der Waals surface area contributed by atoms with Crippen LogP contribution in [-0.2, 0) is 24.8 Å². The molecule has 1 saturated carbocycles. The maximum absolute atomic E-state index is 13.5. The molecule has 0 unspecified atom stereocenters. The number of hydrogen-bond acceptors (Lipinski definition) is 6. The van der Waals surface area contributed by atoms with Crippen LogP contribution in [0.5, 0.6) is 0 Å². The number of nitroso groups, excluding NO2 is 1. The summed E-state index contributed by atoms with van der Waals surface area (Å²) in [7, 11) is 0. The van der Waals surface area contributed by atoms with Crippen LogP contribution in [0, 0.1) is 23.2 Å². The summed E-state index contributed by atoms with van der Waals surface area (Å²) in [5.74, 6) is 1.75. The fourth-order valence-electron chi connectivity index (χ4n) is 6.58. The number of benzene rings is 2. The van der Waals surface area contributed by atoms with Crippen molar-refractivity contribution in [2.24, 2.45) is 4.99 Å². The first-order valence-electron chi connectivity index (χ1n) is 13.6. The second-order valence-electron chi connectivity index (χ2n) is 11.2. The van der Waals surface area contributed by atoms with Gasteiger partial charge in [-0.1, -0.05) is 35.9 Å². The monoisotopic (exact) mass is 566 g/mol. The van der Waals surface area contributed by atoms with Crippen molar-refractivity contribution >= 4 is 28.6 Å². The number of thiophene rings is 1. The van der Waals surface area contributed by atoms with Crippen molar-refractivity contribution in [2.75, 3.05) is 0 Å². The highest BCUT2D eigenvalue weighted by molar-refractivity contribution is 7.15. The standard InChI is InChI=1S/C30H25ClN7OS/c1-16-34-35-29-30(10-11-30)33-27(21-4-2-3-5-23(21)31)26-22-13-19(14-25(22)40-28(26)37(16)29)38(39)36-24-9-7-18-12-17(15-32)6-8-20(18)24/h2-6,8,12,19,24H,7,9-11,13-14H2,1H3,(H,36,39)/q+1/t19-,24+/m0/s1. The minimum absolute atomic E-state index is 0.0480. The Labute approximate surface area is 239 Å². The number of aliphatic imine (C=N–C) groups is 1. The molecule has 0 bridgehead atoms. The molecule has 10 heteroatoms. The Morgan fingerprint density at radius 2 is 2.05 bits per heavy atom. The highest BCUT2D eigenvalue weighted by Gasteiger charge is 2.52. The molecule has 2 aromatic heterocycles. The number of nitriles is 1. The smallest absolute Gasteiger partial charge is 0.243 e. The lowest BCUT2D eigenvalue weighted by Gasteiger charge is -2.13. The third-order valence-corrected chi connectivity index (χ3v) is 10.3. The maximum atomic E-state index is 13.5. The van der Waals surface area contributed by atoms with Gasteiger partial charge in [0.25, 0.3) is 0 Å². The Balaban J connectivity index is 1.16. The predicted molar refractivity (Wildman–Crippen MR) is 152 cm³/mol. The van der Waals surface area contributed by atoms with Crippen LogP contribution in [0.2, 0.25) is 5.02 Å². The lowest BCUT2D eigenvalue weighted by Crippen LogP contribution is -2.38. The number of nitrogens with zero attached hydrogens (tertiary/aromatic N) is 6. The van der Waals surface area contributed by atoms with Crippen molar-refractivity contribution in [1.82, 2.24) is 20.2 Å². The van der Waals surface area contributed by atoms with Crippen molar-refractivity contribution in [3.8, 4) is 11.1 Å². The van der Waals surface area contributed by atoms with Crippen LogP contribution in [-0.4, -0.2) is 31.4 Å².